The Kier molecular flexibility index (Phi) is 4.88. The van der Waals surface area contributed by atoms with E-state index in [1.165, 1.54) is 18.4 Å². The summed E-state index contributed by atoms with van der Waals surface area (Å²) in [5.41, 5.74) is 1.19. The molecular weight excluding hydrogens is 288 g/mol. The largest absolute Gasteiger partial charge is 0.489 e. The van der Waals surface area contributed by atoms with Crippen molar-refractivity contribution in [3.63, 3.8) is 0 Å². The van der Waals surface area contributed by atoms with Crippen LogP contribution in [0.2, 0.25) is 5.02 Å². The summed E-state index contributed by atoms with van der Waals surface area (Å²) in [6.07, 6.45) is 3.30. The van der Waals surface area contributed by atoms with E-state index in [2.05, 4.69) is 23.3 Å². The predicted molar refractivity (Wildman–Crippen MR) is 84.4 cm³/mol. The second kappa shape index (κ2) is 6.86. The van der Waals surface area contributed by atoms with E-state index >= 15 is 0 Å². The molecule has 0 unspecified atom stereocenters. The summed E-state index contributed by atoms with van der Waals surface area (Å²) in [5.74, 6) is 1.48. The second-order valence-electron chi connectivity index (χ2n) is 5.85. The highest BCUT2D eigenvalue weighted by Gasteiger charge is 2.20. The van der Waals surface area contributed by atoms with Crippen molar-refractivity contribution >= 4 is 11.6 Å². The number of hydrogen-bond donors (Lipinski definition) is 1. The predicted octanol–water partition coefficient (Wildman–Crippen LogP) is 2.69. The third kappa shape index (κ3) is 3.62. The van der Waals surface area contributed by atoms with Crippen molar-refractivity contribution in [2.24, 2.45) is 0 Å². The van der Waals surface area contributed by atoms with Gasteiger partial charge in [-0.15, -0.1) is 0 Å². The van der Waals surface area contributed by atoms with E-state index in [4.69, 9.17) is 21.1 Å². The molecule has 1 N–H and O–H groups in total. The first-order valence-electron chi connectivity index (χ1n) is 7.73. The van der Waals surface area contributed by atoms with Crippen LogP contribution < -0.4 is 14.8 Å². The van der Waals surface area contributed by atoms with E-state index in [1.54, 1.807) is 0 Å². The van der Waals surface area contributed by atoms with Gasteiger partial charge >= 0.3 is 0 Å². The van der Waals surface area contributed by atoms with Crippen LogP contribution in [-0.2, 0) is 6.54 Å². The first kappa shape index (κ1) is 14.9. The normalized spacial score (nSPS) is 19.6. The Morgan fingerprint density at radius 3 is 2.81 bits per heavy atom. The Labute approximate surface area is 131 Å². The zero-order chi connectivity index (χ0) is 14.7. The van der Waals surface area contributed by atoms with Crippen LogP contribution in [0.4, 0.5) is 0 Å². The molecule has 1 fully saturated rings. The molecular formula is C16H23ClN2O2. The molecule has 1 aromatic carbocycles. The van der Waals surface area contributed by atoms with Gasteiger partial charge in [-0.2, -0.15) is 0 Å². The number of ether oxygens (including phenoxy) is 2. The van der Waals surface area contributed by atoms with Gasteiger partial charge < -0.3 is 14.8 Å². The van der Waals surface area contributed by atoms with Crippen LogP contribution in [0.25, 0.3) is 0 Å². The van der Waals surface area contributed by atoms with Gasteiger partial charge in [-0.1, -0.05) is 11.6 Å². The number of piperidine rings is 1. The molecule has 4 nitrogen and oxygen atoms in total. The standard InChI is InChI=1S/C16H23ClN2O2/c1-19(13-3-5-18-6-4-13)11-12-9-14(17)16-15(10-12)20-7-2-8-21-16/h9-10,13,18H,2-8,11H2,1H3. The second-order valence-corrected chi connectivity index (χ2v) is 6.26. The van der Waals surface area contributed by atoms with E-state index in [9.17, 15) is 0 Å². The minimum Gasteiger partial charge on any atom is -0.489 e. The fourth-order valence-corrected chi connectivity index (χ4v) is 3.33. The molecule has 0 amide bonds. The molecule has 0 aliphatic carbocycles. The summed E-state index contributed by atoms with van der Waals surface area (Å²) >= 11 is 6.36. The molecule has 3 rings (SSSR count). The van der Waals surface area contributed by atoms with Crippen LogP contribution in [0.3, 0.4) is 0 Å². The lowest BCUT2D eigenvalue weighted by Crippen LogP contribution is -2.40. The molecule has 0 spiro atoms. The molecule has 2 aliphatic rings. The monoisotopic (exact) mass is 310 g/mol. The maximum Gasteiger partial charge on any atom is 0.179 e. The van der Waals surface area contributed by atoms with E-state index in [1.807, 2.05) is 6.07 Å². The Morgan fingerprint density at radius 1 is 1.24 bits per heavy atom. The van der Waals surface area contributed by atoms with Crippen molar-refractivity contribution in [2.75, 3.05) is 33.4 Å². The maximum atomic E-state index is 6.36. The molecule has 2 heterocycles. The molecule has 116 valence electrons. The van der Waals surface area contributed by atoms with Crippen LogP contribution >= 0.6 is 11.6 Å². The molecule has 0 aromatic heterocycles. The molecule has 0 atom stereocenters. The zero-order valence-corrected chi connectivity index (χ0v) is 13.3. The fourth-order valence-electron chi connectivity index (χ4n) is 3.04. The van der Waals surface area contributed by atoms with Gasteiger partial charge in [0, 0.05) is 19.0 Å². The number of halogens is 1. The van der Waals surface area contributed by atoms with E-state index in [0.29, 0.717) is 30.0 Å². The van der Waals surface area contributed by atoms with Crippen molar-refractivity contribution < 1.29 is 9.47 Å². The van der Waals surface area contributed by atoms with Gasteiger partial charge in [0.05, 0.1) is 18.2 Å². The highest BCUT2D eigenvalue weighted by Crippen LogP contribution is 2.38. The van der Waals surface area contributed by atoms with E-state index in [0.717, 1.165) is 31.8 Å². The third-order valence-corrected chi connectivity index (χ3v) is 4.51. The number of nitrogens with one attached hydrogen (secondary N) is 1. The van der Waals surface area contributed by atoms with E-state index < -0.39 is 0 Å². The van der Waals surface area contributed by atoms with Crippen molar-refractivity contribution in [3.05, 3.63) is 22.7 Å². The Balaban J connectivity index is 1.73. The minimum atomic E-state index is 0.640. The van der Waals surface area contributed by atoms with E-state index in [-0.39, 0.29) is 0 Å². The van der Waals surface area contributed by atoms with Gasteiger partial charge in [-0.25, -0.2) is 0 Å². The summed E-state index contributed by atoms with van der Waals surface area (Å²) in [4.78, 5) is 2.41. The number of hydrogen-bond acceptors (Lipinski definition) is 4. The first-order valence-corrected chi connectivity index (χ1v) is 8.11. The lowest BCUT2D eigenvalue weighted by atomic mass is 10.0. The number of benzene rings is 1. The summed E-state index contributed by atoms with van der Waals surface area (Å²) in [6.45, 7) is 4.47. The average Bonchev–Trinajstić information content (AvgIpc) is 2.74. The van der Waals surface area contributed by atoms with Gasteiger partial charge in [0.2, 0.25) is 0 Å². The topological polar surface area (TPSA) is 33.7 Å². The SMILES string of the molecule is CN(Cc1cc(Cl)c2c(c1)OCCCO2)C1CCNCC1. The molecule has 0 radical (unpaired) electrons. The van der Waals surface area contributed by atoms with Gasteiger partial charge in [-0.05, 0) is 50.7 Å². The Hall–Kier alpha value is -0.970. The molecule has 2 aliphatic heterocycles. The quantitative estimate of drug-likeness (QED) is 0.931. The molecule has 21 heavy (non-hydrogen) atoms. The van der Waals surface area contributed by atoms with Crippen molar-refractivity contribution in [1.29, 1.82) is 0 Å². The number of nitrogens with zero attached hydrogens (tertiary/aromatic N) is 1. The van der Waals surface area contributed by atoms with Gasteiger partial charge in [0.25, 0.3) is 0 Å². The molecule has 0 bridgehead atoms. The van der Waals surface area contributed by atoms with Crippen LogP contribution in [0.15, 0.2) is 12.1 Å². The van der Waals surface area contributed by atoms with Crippen molar-refractivity contribution in [2.45, 2.75) is 31.8 Å². The summed E-state index contributed by atoms with van der Waals surface area (Å²) in [7, 11) is 2.19. The van der Waals surface area contributed by atoms with Gasteiger partial charge in [0.1, 0.15) is 0 Å². The molecule has 5 heteroatoms. The lowest BCUT2D eigenvalue weighted by molar-refractivity contribution is 0.191. The van der Waals surface area contributed by atoms with Crippen LogP contribution in [0, 0.1) is 0 Å². The highest BCUT2D eigenvalue weighted by molar-refractivity contribution is 6.32. The van der Waals surface area contributed by atoms with Gasteiger partial charge in [0.15, 0.2) is 11.5 Å². The molecule has 1 saturated heterocycles. The maximum absolute atomic E-state index is 6.36. The van der Waals surface area contributed by atoms with Crippen LogP contribution in [0.5, 0.6) is 11.5 Å². The highest BCUT2D eigenvalue weighted by atomic mass is 35.5. The summed E-state index contributed by atoms with van der Waals surface area (Å²) in [6, 6.07) is 4.72. The third-order valence-electron chi connectivity index (χ3n) is 4.23. The molecule has 1 aromatic rings. The number of rotatable bonds is 3. The smallest absolute Gasteiger partial charge is 0.179 e. The first-order chi connectivity index (χ1) is 10.2. The van der Waals surface area contributed by atoms with Crippen molar-refractivity contribution in [1.82, 2.24) is 10.2 Å². The van der Waals surface area contributed by atoms with Crippen LogP contribution in [0.1, 0.15) is 24.8 Å². The Bertz CT molecular complexity index is 489. The van der Waals surface area contributed by atoms with Crippen LogP contribution in [-0.4, -0.2) is 44.3 Å². The van der Waals surface area contributed by atoms with Crippen molar-refractivity contribution in [3.8, 4) is 11.5 Å². The number of fused-ring (bicyclic) bond motifs is 1. The fraction of sp³-hybridized carbons (Fsp3) is 0.625. The zero-order valence-electron chi connectivity index (χ0n) is 12.5. The molecule has 0 saturated carbocycles. The lowest BCUT2D eigenvalue weighted by Gasteiger charge is -2.31. The minimum absolute atomic E-state index is 0.640. The Morgan fingerprint density at radius 2 is 2.00 bits per heavy atom. The summed E-state index contributed by atoms with van der Waals surface area (Å²) in [5, 5.41) is 4.06. The average molecular weight is 311 g/mol. The summed E-state index contributed by atoms with van der Waals surface area (Å²) < 4.78 is 11.4. The van der Waals surface area contributed by atoms with Gasteiger partial charge in [-0.3, -0.25) is 4.90 Å².